The van der Waals surface area contributed by atoms with Gasteiger partial charge in [0.1, 0.15) is 10.0 Å². The smallest absolute Gasteiger partial charge is 0.155 e. The van der Waals surface area contributed by atoms with E-state index >= 15 is 0 Å². The molecule has 2 aromatic carbocycles. The van der Waals surface area contributed by atoms with Gasteiger partial charge in [0.2, 0.25) is 0 Å². The summed E-state index contributed by atoms with van der Waals surface area (Å²) in [5.41, 5.74) is 1.83. The number of halogens is 2. The summed E-state index contributed by atoms with van der Waals surface area (Å²) in [4.78, 5) is 0. The van der Waals surface area contributed by atoms with E-state index in [0.717, 1.165) is 11.1 Å². The first-order valence-corrected chi connectivity index (χ1v) is 6.61. The Hall–Kier alpha value is -1.70. The van der Waals surface area contributed by atoms with Gasteiger partial charge in [0.05, 0.1) is 0 Å². The van der Waals surface area contributed by atoms with Crippen LogP contribution in [0.1, 0.15) is 0 Å². The lowest BCUT2D eigenvalue weighted by Crippen LogP contribution is -1.73. The third-order valence-electron chi connectivity index (χ3n) is 2.87. The van der Waals surface area contributed by atoms with Crippen molar-refractivity contribution < 1.29 is 4.42 Å². The highest BCUT2D eigenvalue weighted by molar-refractivity contribution is 6.45. The van der Waals surface area contributed by atoms with E-state index in [1.165, 1.54) is 0 Å². The Morgan fingerprint density at radius 3 is 1.32 bits per heavy atom. The molecule has 0 saturated carbocycles. The van der Waals surface area contributed by atoms with Crippen LogP contribution in [-0.4, -0.2) is 0 Å². The molecule has 0 N–H and O–H groups in total. The molecule has 0 spiro atoms. The van der Waals surface area contributed by atoms with E-state index in [0.29, 0.717) is 21.6 Å². The highest BCUT2D eigenvalue weighted by atomic mass is 35.5. The summed E-state index contributed by atoms with van der Waals surface area (Å²) < 4.78 is 5.85. The molecule has 0 unspecified atom stereocenters. The van der Waals surface area contributed by atoms with E-state index in [4.69, 9.17) is 27.6 Å². The molecule has 0 bridgehead atoms. The van der Waals surface area contributed by atoms with Crippen LogP contribution in [-0.2, 0) is 0 Å². The van der Waals surface area contributed by atoms with Gasteiger partial charge in [-0.3, -0.25) is 0 Å². The molecule has 19 heavy (non-hydrogen) atoms. The van der Waals surface area contributed by atoms with Crippen LogP contribution in [0.5, 0.6) is 0 Å². The molecule has 0 aliphatic rings. The zero-order chi connectivity index (χ0) is 13.2. The highest BCUT2D eigenvalue weighted by Crippen LogP contribution is 2.43. The largest absolute Gasteiger partial charge is 0.453 e. The Labute approximate surface area is 121 Å². The molecule has 1 heterocycles. The third kappa shape index (κ3) is 2.27. The molecular formula is C16H10Cl2O. The van der Waals surface area contributed by atoms with Gasteiger partial charge < -0.3 is 4.42 Å². The van der Waals surface area contributed by atoms with Gasteiger partial charge in [-0.1, -0.05) is 83.9 Å². The summed E-state index contributed by atoms with van der Waals surface area (Å²) in [5, 5.41) is 0.901. The molecule has 3 heteroatoms. The van der Waals surface area contributed by atoms with E-state index in [1.807, 2.05) is 60.7 Å². The first-order chi connectivity index (χ1) is 9.27. The molecular weight excluding hydrogens is 279 g/mol. The summed E-state index contributed by atoms with van der Waals surface area (Å²) in [7, 11) is 0. The lowest BCUT2D eigenvalue weighted by molar-refractivity contribution is 0.597. The number of benzene rings is 2. The second-order valence-corrected chi connectivity index (χ2v) is 4.88. The van der Waals surface area contributed by atoms with Crippen molar-refractivity contribution in [2.75, 3.05) is 0 Å². The van der Waals surface area contributed by atoms with Gasteiger partial charge in [0.25, 0.3) is 0 Å². The zero-order valence-electron chi connectivity index (χ0n) is 9.94. The molecule has 3 aromatic rings. The number of hydrogen-bond acceptors (Lipinski definition) is 1. The van der Waals surface area contributed by atoms with Gasteiger partial charge in [0.15, 0.2) is 11.5 Å². The molecule has 0 aliphatic heterocycles. The van der Waals surface area contributed by atoms with Crippen molar-refractivity contribution >= 4 is 23.2 Å². The number of hydrogen-bond donors (Lipinski definition) is 0. The third-order valence-corrected chi connectivity index (χ3v) is 3.69. The Balaban J connectivity index is 2.16. The predicted octanol–water partition coefficient (Wildman–Crippen LogP) is 5.92. The number of rotatable bonds is 2. The lowest BCUT2D eigenvalue weighted by Gasteiger charge is -1.97. The maximum Gasteiger partial charge on any atom is 0.155 e. The quantitative estimate of drug-likeness (QED) is 0.570. The van der Waals surface area contributed by atoms with Crippen LogP contribution in [0.3, 0.4) is 0 Å². The van der Waals surface area contributed by atoms with Gasteiger partial charge >= 0.3 is 0 Å². The molecule has 3 rings (SSSR count). The predicted molar refractivity (Wildman–Crippen MR) is 79.6 cm³/mol. The monoisotopic (exact) mass is 288 g/mol. The normalized spacial score (nSPS) is 10.6. The first-order valence-electron chi connectivity index (χ1n) is 5.86. The summed E-state index contributed by atoms with van der Waals surface area (Å²) in [5.74, 6) is 1.21. The Morgan fingerprint density at radius 1 is 0.579 bits per heavy atom. The maximum absolute atomic E-state index is 6.27. The van der Waals surface area contributed by atoms with E-state index in [2.05, 4.69) is 0 Å². The fourth-order valence-electron chi connectivity index (χ4n) is 1.94. The van der Waals surface area contributed by atoms with Crippen molar-refractivity contribution in [3.05, 3.63) is 70.7 Å². The summed E-state index contributed by atoms with van der Waals surface area (Å²) in [6, 6.07) is 19.4. The Morgan fingerprint density at radius 2 is 0.947 bits per heavy atom. The van der Waals surface area contributed by atoms with Crippen LogP contribution in [0.15, 0.2) is 65.1 Å². The lowest BCUT2D eigenvalue weighted by atomic mass is 10.1. The second-order valence-electron chi connectivity index (χ2n) is 4.12. The van der Waals surface area contributed by atoms with Gasteiger partial charge in [0, 0.05) is 11.1 Å². The van der Waals surface area contributed by atoms with Crippen molar-refractivity contribution in [3.8, 4) is 22.6 Å². The molecule has 1 nitrogen and oxygen atoms in total. The molecule has 0 saturated heterocycles. The average molecular weight is 289 g/mol. The zero-order valence-corrected chi connectivity index (χ0v) is 11.4. The van der Waals surface area contributed by atoms with Crippen LogP contribution in [0.25, 0.3) is 22.6 Å². The molecule has 0 atom stereocenters. The summed E-state index contributed by atoms with van der Waals surface area (Å²) in [6.07, 6.45) is 0. The van der Waals surface area contributed by atoms with Crippen LogP contribution >= 0.6 is 23.2 Å². The first kappa shape index (κ1) is 12.3. The van der Waals surface area contributed by atoms with Gasteiger partial charge in [-0.25, -0.2) is 0 Å². The highest BCUT2D eigenvalue weighted by Gasteiger charge is 2.19. The average Bonchev–Trinajstić information content (AvgIpc) is 2.77. The molecule has 0 amide bonds. The van der Waals surface area contributed by atoms with Gasteiger partial charge in [-0.15, -0.1) is 0 Å². The van der Waals surface area contributed by atoms with Crippen molar-refractivity contribution in [2.24, 2.45) is 0 Å². The number of furan rings is 1. The fraction of sp³-hybridized carbons (Fsp3) is 0. The fourth-order valence-corrected chi connectivity index (χ4v) is 2.41. The molecule has 0 aliphatic carbocycles. The minimum atomic E-state index is 0.451. The van der Waals surface area contributed by atoms with Crippen LogP contribution < -0.4 is 0 Å². The summed E-state index contributed by atoms with van der Waals surface area (Å²) in [6.45, 7) is 0. The van der Waals surface area contributed by atoms with Crippen molar-refractivity contribution in [2.45, 2.75) is 0 Å². The van der Waals surface area contributed by atoms with Crippen molar-refractivity contribution in [3.63, 3.8) is 0 Å². The molecule has 0 radical (unpaired) electrons. The maximum atomic E-state index is 6.27. The SMILES string of the molecule is Clc1c(-c2ccccc2)oc(-c2ccccc2)c1Cl. The standard InChI is InChI=1S/C16H10Cl2O/c17-13-14(18)16(12-9-5-2-6-10-12)19-15(13)11-7-3-1-4-8-11/h1-10H. The van der Waals surface area contributed by atoms with Crippen molar-refractivity contribution in [1.82, 2.24) is 0 Å². The van der Waals surface area contributed by atoms with Gasteiger partial charge in [-0.2, -0.15) is 0 Å². The topological polar surface area (TPSA) is 13.1 Å². The van der Waals surface area contributed by atoms with Gasteiger partial charge in [-0.05, 0) is 0 Å². The Kier molecular flexibility index (Phi) is 3.33. The minimum absolute atomic E-state index is 0.451. The molecule has 0 fully saturated rings. The summed E-state index contributed by atoms with van der Waals surface area (Å²) >= 11 is 12.5. The van der Waals surface area contributed by atoms with Crippen LogP contribution in [0, 0.1) is 0 Å². The van der Waals surface area contributed by atoms with E-state index < -0.39 is 0 Å². The van der Waals surface area contributed by atoms with Crippen molar-refractivity contribution in [1.29, 1.82) is 0 Å². The van der Waals surface area contributed by atoms with E-state index in [1.54, 1.807) is 0 Å². The van der Waals surface area contributed by atoms with Crippen LogP contribution in [0.4, 0.5) is 0 Å². The second kappa shape index (κ2) is 5.12. The van der Waals surface area contributed by atoms with E-state index in [9.17, 15) is 0 Å². The Bertz CT molecular complexity index is 628. The van der Waals surface area contributed by atoms with Crippen LogP contribution in [0.2, 0.25) is 10.0 Å². The minimum Gasteiger partial charge on any atom is -0.453 e. The van der Waals surface area contributed by atoms with E-state index in [-0.39, 0.29) is 0 Å². The molecule has 94 valence electrons. The molecule has 1 aromatic heterocycles.